The van der Waals surface area contributed by atoms with E-state index in [2.05, 4.69) is 15.9 Å². The van der Waals surface area contributed by atoms with E-state index < -0.39 is 23.7 Å². The van der Waals surface area contributed by atoms with Gasteiger partial charge in [0.1, 0.15) is 12.1 Å². The Hall–Kier alpha value is -2.96. The Morgan fingerprint density at radius 2 is 1.56 bits per heavy atom. The second-order valence-corrected chi connectivity index (χ2v) is 8.64. The van der Waals surface area contributed by atoms with Crippen molar-refractivity contribution in [3.63, 3.8) is 0 Å². The third-order valence-electron chi connectivity index (χ3n) is 5.75. The van der Waals surface area contributed by atoms with Crippen LogP contribution in [0.15, 0.2) is 89.4 Å². The van der Waals surface area contributed by atoms with Crippen molar-refractivity contribution in [3.05, 3.63) is 101 Å². The first-order chi connectivity index (χ1) is 15.5. The Balaban J connectivity index is 1.85. The summed E-state index contributed by atoms with van der Waals surface area (Å²) in [6.45, 7) is 3.39. The fourth-order valence-corrected chi connectivity index (χ4v) is 4.48. The van der Waals surface area contributed by atoms with Gasteiger partial charge in [-0.05, 0) is 55.3 Å². The number of hydrogen-bond donors (Lipinski definition) is 0. The number of anilines is 1. The monoisotopic (exact) mass is 493 g/mol. The van der Waals surface area contributed by atoms with Gasteiger partial charge in [0.25, 0.3) is 0 Å². The van der Waals surface area contributed by atoms with E-state index in [4.69, 9.17) is 9.57 Å². The Labute approximate surface area is 196 Å². The van der Waals surface area contributed by atoms with Gasteiger partial charge in [0.05, 0.1) is 11.3 Å². The largest absolute Gasteiger partial charge is 0.442 e. The lowest BCUT2D eigenvalue weighted by molar-refractivity contribution is -0.144. The SMILES string of the molecule is CC[C@H]1ON(c2ccccc2)[C@@H](c2ccccc2)[C@]1(OC(=O)c1ccc(Br)cc1)C(C)=O. The first-order valence-corrected chi connectivity index (χ1v) is 11.3. The molecule has 0 spiro atoms. The molecule has 32 heavy (non-hydrogen) atoms. The molecule has 1 aliphatic rings. The summed E-state index contributed by atoms with van der Waals surface area (Å²) in [6.07, 6.45) is -0.162. The summed E-state index contributed by atoms with van der Waals surface area (Å²) >= 11 is 3.38. The molecule has 5 nitrogen and oxygen atoms in total. The molecule has 0 saturated carbocycles. The van der Waals surface area contributed by atoms with Crippen LogP contribution >= 0.6 is 15.9 Å². The van der Waals surface area contributed by atoms with E-state index in [1.807, 2.05) is 67.6 Å². The second-order valence-electron chi connectivity index (χ2n) is 7.72. The van der Waals surface area contributed by atoms with E-state index in [-0.39, 0.29) is 5.78 Å². The van der Waals surface area contributed by atoms with E-state index in [9.17, 15) is 9.59 Å². The van der Waals surface area contributed by atoms with Crippen molar-refractivity contribution in [2.75, 3.05) is 5.06 Å². The van der Waals surface area contributed by atoms with Gasteiger partial charge in [0.15, 0.2) is 5.78 Å². The minimum absolute atomic E-state index is 0.262. The fraction of sp³-hybridized carbons (Fsp3) is 0.231. The zero-order chi connectivity index (χ0) is 22.7. The summed E-state index contributed by atoms with van der Waals surface area (Å²) in [5.74, 6) is -0.826. The number of ketones is 1. The van der Waals surface area contributed by atoms with Crippen LogP contribution in [-0.2, 0) is 14.4 Å². The molecule has 0 unspecified atom stereocenters. The molecule has 1 heterocycles. The molecule has 6 heteroatoms. The van der Waals surface area contributed by atoms with Gasteiger partial charge >= 0.3 is 5.97 Å². The van der Waals surface area contributed by atoms with Gasteiger partial charge < -0.3 is 4.74 Å². The highest BCUT2D eigenvalue weighted by atomic mass is 79.9. The lowest BCUT2D eigenvalue weighted by Gasteiger charge is -2.36. The number of esters is 1. The maximum atomic E-state index is 13.3. The molecule has 0 aromatic heterocycles. The first kappa shape index (κ1) is 22.2. The molecular weight excluding hydrogens is 470 g/mol. The number of nitrogens with zero attached hydrogens (tertiary/aromatic N) is 1. The Morgan fingerprint density at radius 3 is 2.12 bits per heavy atom. The van der Waals surface area contributed by atoms with Gasteiger partial charge in [-0.15, -0.1) is 0 Å². The highest BCUT2D eigenvalue weighted by Crippen LogP contribution is 2.49. The molecule has 0 bridgehead atoms. The number of Topliss-reactive ketones (excluding diaryl/α,β-unsaturated/α-hetero) is 1. The summed E-state index contributed by atoms with van der Waals surface area (Å²) in [4.78, 5) is 32.9. The van der Waals surface area contributed by atoms with Crippen LogP contribution in [0.25, 0.3) is 0 Å². The molecule has 1 aliphatic heterocycles. The zero-order valence-corrected chi connectivity index (χ0v) is 19.5. The van der Waals surface area contributed by atoms with Crippen molar-refractivity contribution in [1.82, 2.24) is 0 Å². The Morgan fingerprint density at radius 1 is 0.969 bits per heavy atom. The zero-order valence-electron chi connectivity index (χ0n) is 17.9. The van der Waals surface area contributed by atoms with Crippen molar-refractivity contribution in [2.45, 2.75) is 38.0 Å². The molecule has 4 rings (SSSR count). The van der Waals surface area contributed by atoms with Crippen molar-refractivity contribution >= 4 is 33.4 Å². The number of para-hydroxylation sites is 1. The summed E-state index contributed by atoms with van der Waals surface area (Å²) in [6, 6.07) is 25.3. The average Bonchev–Trinajstić information content (AvgIpc) is 3.15. The lowest BCUT2D eigenvalue weighted by atomic mass is 9.80. The van der Waals surface area contributed by atoms with Crippen LogP contribution in [0.3, 0.4) is 0 Å². The molecule has 0 amide bonds. The highest BCUT2D eigenvalue weighted by molar-refractivity contribution is 9.10. The Kier molecular flexibility index (Phi) is 6.44. The summed E-state index contributed by atoms with van der Waals surface area (Å²) in [7, 11) is 0. The molecular formula is C26H24BrNO4. The van der Waals surface area contributed by atoms with Gasteiger partial charge in [0.2, 0.25) is 5.60 Å². The van der Waals surface area contributed by atoms with Crippen LogP contribution < -0.4 is 5.06 Å². The van der Waals surface area contributed by atoms with Crippen LogP contribution in [0.5, 0.6) is 0 Å². The highest BCUT2D eigenvalue weighted by Gasteiger charge is 2.62. The molecule has 0 N–H and O–H groups in total. The van der Waals surface area contributed by atoms with Crippen LogP contribution in [0.4, 0.5) is 5.69 Å². The van der Waals surface area contributed by atoms with Gasteiger partial charge in [-0.25, -0.2) is 9.86 Å². The second kappa shape index (κ2) is 9.27. The molecule has 3 aromatic rings. The molecule has 3 aromatic carbocycles. The van der Waals surface area contributed by atoms with E-state index in [0.29, 0.717) is 12.0 Å². The van der Waals surface area contributed by atoms with Crippen LogP contribution in [0.1, 0.15) is 42.2 Å². The lowest BCUT2D eigenvalue weighted by Crippen LogP contribution is -2.53. The van der Waals surface area contributed by atoms with E-state index >= 15 is 0 Å². The van der Waals surface area contributed by atoms with Gasteiger partial charge in [-0.1, -0.05) is 71.4 Å². The van der Waals surface area contributed by atoms with Crippen LogP contribution in [0, 0.1) is 0 Å². The first-order valence-electron chi connectivity index (χ1n) is 10.5. The molecule has 1 saturated heterocycles. The third kappa shape index (κ3) is 3.96. The quantitative estimate of drug-likeness (QED) is 0.399. The molecule has 164 valence electrons. The fourth-order valence-electron chi connectivity index (χ4n) is 4.22. The van der Waals surface area contributed by atoms with Crippen LogP contribution in [-0.4, -0.2) is 23.5 Å². The standard InChI is InChI=1S/C26H24BrNO4/c1-3-23-26(18(2)29,31-25(30)20-14-16-21(27)17-15-20)24(19-10-6-4-7-11-19)28(32-23)22-12-8-5-9-13-22/h4-17,23-24H,3H2,1-2H3/t23-,24+,26+/m1/s1. The molecule has 0 aliphatic carbocycles. The number of hydroxylamine groups is 1. The maximum Gasteiger partial charge on any atom is 0.339 e. The van der Waals surface area contributed by atoms with Crippen molar-refractivity contribution in [1.29, 1.82) is 0 Å². The van der Waals surface area contributed by atoms with Crippen LogP contribution in [0.2, 0.25) is 0 Å². The number of carbonyl (C=O) groups is 2. The molecule has 0 radical (unpaired) electrons. The maximum absolute atomic E-state index is 13.3. The minimum atomic E-state index is -1.52. The number of ether oxygens (including phenoxy) is 1. The van der Waals surface area contributed by atoms with Gasteiger partial charge in [-0.2, -0.15) is 0 Å². The van der Waals surface area contributed by atoms with E-state index in [0.717, 1.165) is 15.7 Å². The predicted molar refractivity (Wildman–Crippen MR) is 126 cm³/mol. The number of carbonyl (C=O) groups excluding carboxylic acids is 2. The van der Waals surface area contributed by atoms with Crippen molar-refractivity contribution in [2.24, 2.45) is 0 Å². The summed E-state index contributed by atoms with van der Waals surface area (Å²) in [5, 5.41) is 1.71. The predicted octanol–water partition coefficient (Wildman–Crippen LogP) is 5.91. The third-order valence-corrected chi connectivity index (χ3v) is 6.28. The van der Waals surface area contributed by atoms with Gasteiger partial charge in [0, 0.05) is 4.47 Å². The van der Waals surface area contributed by atoms with Crippen molar-refractivity contribution in [3.8, 4) is 0 Å². The minimum Gasteiger partial charge on any atom is -0.442 e. The van der Waals surface area contributed by atoms with Crippen molar-refractivity contribution < 1.29 is 19.2 Å². The van der Waals surface area contributed by atoms with E-state index in [1.165, 1.54) is 6.92 Å². The topological polar surface area (TPSA) is 55.8 Å². The number of rotatable bonds is 6. The average molecular weight is 494 g/mol. The number of halogens is 1. The molecule has 1 fully saturated rings. The normalized spacial score (nSPS) is 22.5. The smallest absolute Gasteiger partial charge is 0.339 e. The summed E-state index contributed by atoms with van der Waals surface area (Å²) < 4.78 is 6.99. The van der Waals surface area contributed by atoms with E-state index in [1.54, 1.807) is 29.3 Å². The number of benzene rings is 3. The van der Waals surface area contributed by atoms with Gasteiger partial charge in [-0.3, -0.25) is 9.63 Å². The summed E-state index contributed by atoms with van der Waals surface area (Å²) in [5.41, 5.74) is 0.457. The number of hydrogen-bond acceptors (Lipinski definition) is 5. The Bertz CT molecular complexity index is 1090. The molecule has 3 atom stereocenters.